The molecule has 4 heteroatoms. The molecule has 0 aliphatic rings. The van der Waals surface area contributed by atoms with Gasteiger partial charge in [0.15, 0.2) is 0 Å². The van der Waals surface area contributed by atoms with Gasteiger partial charge in [-0.05, 0) is 57.8 Å². The summed E-state index contributed by atoms with van der Waals surface area (Å²) in [5, 5.41) is 23.2. The van der Waals surface area contributed by atoms with Crippen LogP contribution in [0.5, 0.6) is 0 Å². The Bertz CT molecular complexity index is 1080. The van der Waals surface area contributed by atoms with E-state index in [-0.39, 0.29) is 12.5 Å². The minimum Gasteiger partial charge on any atom is -0.394 e. The van der Waals surface area contributed by atoms with Gasteiger partial charge in [0.2, 0.25) is 5.91 Å². The van der Waals surface area contributed by atoms with Crippen LogP contribution in [-0.2, 0) is 4.79 Å². The van der Waals surface area contributed by atoms with Crippen molar-refractivity contribution in [1.82, 2.24) is 5.32 Å². The summed E-state index contributed by atoms with van der Waals surface area (Å²) in [6, 6.07) is -0.639. The summed E-state index contributed by atoms with van der Waals surface area (Å²) in [5.74, 6) is -0.0671. The second-order valence-corrected chi connectivity index (χ2v) is 22.5. The number of hydrogen-bond acceptors (Lipinski definition) is 3. The normalized spacial score (nSPS) is 12.9. The summed E-state index contributed by atoms with van der Waals surface area (Å²) in [4.78, 5) is 12.5. The smallest absolute Gasteiger partial charge is 0.220 e. The first-order valence-corrected chi connectivity index (χ1v) is 32.7. The molecule has 0 fully saturated rings. The van der Waals surface area contributed by atoms with E-state index in [1.165, 1.54) is 315 Å². The van der Waals surface area contributed by atoms with Gasteiger partial charge in [-0.3, -0.25) is 4.79 Å². The number of carbonyl (C=O) groups excluding carboxylic acids is 1. The van der Waals surface area contributed by atoms with Gasteiger partial charge < -0.3 is 15.5 Å². The molecule has 0 bridgehead atoms. The van der Waals surface area contributed by atoms with Crippen LogP contribution in [0.3, 0.4) is 0 Å². The summed E-state index contributed by atoms with van der Waals surface area (Å²) in [6.45, 7) is 4.34. The van der Waals surface area contributed by atoms with E-state index in [0.717, 1.165) is 32.1 Å². The summed E-state index contributed by atoms with van der Waals surface area (Å²) >= 11 is 0. The predicted molar refractivity (Wildman–Crippen MR) is 318 cm³/mol. The van der Waals surface area contributed by atoms with E-state index in [1.54, 1.807) is 6.08 Å². The molecule has 0 saturated carbocycles. The van der Waals surface area contributed by atoms with Crippen molar-refractivity contribution in [2.45, 2.75) is 379 Å². The fourth-order valence-corrected chi connectivity index (χ4v) is 10.4. The molecule has 0 saturated heterocycles. The fraction of sp³-hybridized carbons (Fsp3) is 0.896. The fourth-order valence-electron chi connectivity index (χ4n) is 10.4. The lowest BCUT2D eigenvalue weighted by Gasteiger charge is -2.19. The summed E-state index contributed by atoms with van der Waals surface area (Å²) in [6.07, 6.45) is 86.5. The molecule has 0 aliphatic carbocycles. The molecule has 3 N–H and O–H groups in total. The highest BCUT2D eigenvalue weighted by Crippen LogP contribution is 2.18. The number of carbonyl (C=O) groups is 1. The van der Waals surface area contributed by atoms with Crippen LogP contribution in [0.4, 0.5) is 0 Å². The lowest BCUT2D eigenvalue weighted by Crippen LogP contribution is -2.45. The molecule has 0 heterocycles. The monoisotopic (exact) mass is 996 g/mol. The van der Waals surface area contributed by atoms with Gasteiger partial charge in [0.1, 0.15) is 0 Å². The van der Waals surface area contributed by atoms with Crippen LogP contribution in [0.25, 0.3) is 0 Å². The molecule has 420 valence electrons. The molecule has 71 heavy (non-hydrogen) atoms. The van der Waals surface area contributed by atoms with Crippen molar-refractivity contribution in [3.63, 3.8) is 0 Å². The average molecular weight is 997 g/mol. The molecule has 4 nitrogen and oxygen atoms in total. The zero-order chi connectivity index (χ0) is 51.3. The van der Waals surface area contributed by atoms with Gasteiger partial charge in [0, 0.05) is 6.42 Å². The van der Waals surface area contributed by atoms with Gasteiger partial charge in [-0.25, -0.2) is 0 Å². The van der Waals surface area contributed by atoms with E-state index in [9.17, 15) is 15.0 Å². The highest BCUT2D eigenvalue weighted by molar-refractivity contribution is 5.76. The Kier molecular flexibility index (Phi) is 61.7. The van der Waals surface area contributed by atoms with Gasteiger partial charge in [0.05, 0.1) is 18.8 Å². The van der Waals surface area contributed by atoms with Crippen molar-refractivity contribution in [1.29, 1.82) is 0 Å². The van der Waals surface area contributed by atoms with Crippen molar-refractivity contribution < 1.29 is 15.0 Å². The molecular formula is C67H129NO3. The van der Waals surface area contributed by atoms with Crippen molar-refractivity contribution in [2.24, 2.45) is 0 Å². The van der Waals surface area contributed by atoms with Crippen LogP contribution in [-0.4, -0.2) is 34.9 Å². The van der Waals surface area contributed by atoms with Crippen LogP contribution in [0.1, 0.15) is 367 Å². The van der Waals surface area contributed by atoms with Gasteiger partial charge >= 0.3 is 0 Å². The molecule has 0 aromatic carbocycles. The standard InChI is InChI=1S/C67H129NO3/c1-3-5-7-9-11-13-15-17-19-21-23-25-27-28-29-30-31-32-33-34-35-36-37-38-39-40-41-43-45-47-49-51-53-55-57-59-61-63-67(71)68-65(64-69)66(70)62-60-58-56-54-52-50-48-46-44-42-26-24-22-20-18-16-14-12-10-8-6-4-2/h32-33,52,54,60,62,65-66,69-70H,3-31,34-51,53,55-59,61,63-64H2,1-2H3,(H,68,71)/b33-32-,54-52+,62-60+. The number of amides is 1. The highest BCUT2D eigenvalue weighted by atomic mass is 16.3. The van der Waals surface area contributed by atoms with Crippen molar-refractivity contribution in [2.75, 3.05) is 6.61 Å². The second kappa shape index (κ2) is 62.9. The Labute approximate surface area is 446 Å². The SMILES string of the molecule is CCCCCCCCCCCCCCCCCC/C=C\CCCCCCCCCCCCCCCCCCCC(=O)NC(CO)C(O)/C=C/CC/C=C/CCCCCCCCCCCCCCCCCC. The summed E-state index contributed by atoms with van der Waals surface area (Å²) < 4.78 is 0. The molecular weight excluding hydrogens is 867 g/mol. The number of unbranched alkanes of at least 4 members (excludes halogenated alkanes) is 50. The summed E-state index contributed by atoms with van der Waals surface area (Å²) in [5.41, 5.74) is 0. The number of nitrogens with one attached hydrogen (secondary N) is 1. The number of rotatable bonds is 61. The van der Waals surface area contributed by atoms with Crippen molar-refractivity contribution >= 4 is 5.91 Å². The summed E-state index contributed by atoms with van der Waals surface area (Å²) in [7, 11) is 0. The van der Waals surface area contributed by atoms with E-state index in [0.29, 0.717) is 6.42 Å². The molecule has 0 aromatic heterocycles. The Morgan fingerprint density at radius 1 is 0.324 bits per heavy atom. The molecule has 0 aliphatic heterocycles. The zero-order valence-corrected chi connectivity index (χ0v) is 48.5. The first-order chi connectivity index (χ1) is 35.2. The topological polar surface area (TPSA) is 69.6 Å². The van der Waals surface area contributed by atoms with Crippen molar-refractivity contribution in [3.05, 3.63) is 36.5 Å². The zero-order valence-electron chi connectivity index (χ0n) is 48.5. The lowest BCUT2D eigenvalue weighted by molar-refractivity contribution is -0.123. The van der Waals surface area contributed by atoms with E-state index >= 15 is 0 Å². The van der Waals surface area contributed by atoms with Crippen LogP contribution >= 0.6 is 0 Å². The third kappa shape index (κ3) is 59.4. The van der Waals surface area contributed by atoms with Gasteiger partial charge in [0.25, 0.3) is 0 Å². The molecule has 0 radical (unpaired) electrons. The van der Waals surface area contributed by atoms with Gasteiger partial charge in [-0.2, -0.15) is 0 Å². The number of aliphatic hydroxyl groups excluding tert-OH is 2. The van der Waals surface area contributed by atoms with E-state index in [1.807, 2.05) is 6.08 Å². The Morgan fingerprint density at radius 3 is 0.817 bits per heavy atom. The lowest BCUT2D eigenvalue weighted by atomic mass is 10.0. The third-order valence-corrected chi connectivity index (χ3v) is 15.3. The number of allylic oxidation sites excluding steroid dienone is 5. The molecule has 0 rings (SSSR count). The Hall–Kier alpha value is -1.39. The van der Waals surface area contributed by atoms with Crippen LogP contribution in [0.2, 0.25) is 0 Å². The Morgan fingerprint density at radius 2 is 0.549 bits per heavy atom. The maximum atomic E-state index is 12.5. The minimum atomic E-state index is -0.862. The highest BCUT2D eigenvalue weighted by Gasteiger charge is 2.18. The molecule has 0 spiro atoms. The first-order valence-electron chi connectivity index (χ1n) is 32.7. The molecule has 2 atom stereocenters. The average Bonchev–Trinajstić information content (AvgIpc) is 3.37. The van der Waals surface area contributed by atoms with Crippen LogP contribution in [0.15, 0.2) is 36.5 Å². The Balaban J connectivity index is 3.43. The van der Waals surface area contributed by atoms with Gasteiger partial charge in [-0.15, -0.1) is 0 Å². The van der Waals surface area contributed by atoms with Crippen molar-refractivity contribution in [3.8, 4) is 0 Å². The third-order valence-electron chi connectivity index (χ3n) is 15.3. The van der Waals surface area contributed by atoms with E-state index < -0.39 is 12.1 Å². The second-order valence-electron chi connectivity index (χ2n) is 22.5. The maximum Gasteiger partial charge on any atom is 0.220 e. The molecule has 1 amide bonds. The largest absolute Gasteiger partial charge is 0.394 e. The van der Waals surface area contributed by atoms with Gasteiger partial charge in [-0.1, -0.05) is 339 Å². The van der Waals surface area contributed by atoms with Crippen LogP contribution < -0.4 is 5.32 Å². The predicted octanol–water partition coefficient (Wildman–Crippen LogP) is 22.0. The quantitative estimate of drug-likeness (QED) is 0.0420. The maximum absolute atomic E-state index is 12.5. The van der Waals surface area contributed by atoms with E-state index in [4.69, 9.17) is 0 Å². The van der Waals surface area contributed by atoms with Crippen LogP contribution in [0, 0.1) is 0 Å². The minimum absolute atomic E-state index is 0.0671. The molecule has 2 unspecified atom stereocenters. The first kappa shape index (κ1) is 69.6. The number of hydrogen-bond donors (Lipinski definition) is 3. The van der Waals surface area contributed by atoms with E-state index in [2.05, 4.69) is 43.5 Å². The molecule has 0 aromatic rings. The number of aliphatic hydroxyl groups is 2.